The molecule has 4 atom stereocenters. The second kappa shape index (κ2) is 25.7. The first-order chi connectivity index (χ1) is 24.4. The molecule has 0 fully saturated rings. The Hall–Kier alpha value is -2.19. The molecule has 3 heterocycles. The molecular weight excluding hydrogens is 641 g/mol. The minimum atomic E-state index is -0.365. The SMILES string of the molecule is CCCCCC(C)CCCCCCC(C)[SiH2]c1ccc(-c2ccc(-c3ccc([SiH2]C(C)CCCCCCC(C)CCCCC)nc3)nn2)cn1. The molecule has 0 saturated heterocycles. The molecule has 278 valence electrons. The van der Waals surface area contributed by atoms with Crippen LogP contribution in [0.25, 0.3) is 22.5 Å². The number of pyridine rings is 2. The van der Waals surface area contributed by atoms with Crippen LogP contribution in [0.1, 0.15) is 170 Å². The van der Waals surface area contributed by atoms with Gasteiger partial charge in [-0.15, -0.1) is 10.2 Å². The van der Waals surface area contributed by atoms with Gasteiger partial charge in [0.1, 0.15) is 0 Å². The average Bonchev–Trinajstić information content (AvgIpc) is 3.12. The maximum absolute atomic E-state index is 4.85. The second-order valence-corrected chi connectivity index (χ2v) is 21.2. The van der Waals surface area contributed by atoms with Gasteiger partial charge < -0.3 is 0 Å². The van der Waals surface area contributed by atoms with Crippen LogP contribution in [0.5, 0.6) is 0 Å². The van der Waals surface area contributed by atoms with Gasteiger partial charge in [-0.05, 0) is 59.3 Å². The Bertz CT molecular complexity index is 1150. The van der Waals surface area contributed by atoms with E-state index in [0.29, 0.717) is 0 Å². The lowest BCUT2D eigenvalue weighted by atomic mass is 9.96. The van der Waals surface area contributed by atoms with Crippen LogP contribution in [-0.4, -0.2) is 39.2 Å². The number of nitrogens with zero attached hydrogens (tertiary/aromatic N) is 4. The van der Waals surface area contributed by atoms with Gasteiger partial charge in [0, 0.05) is 34.2 Å². The van der Waals surface area contributed by atoms with Crippen LogP contribution in [0.4, 0.5) is 0 Å². The van der Waals surface area contributed by atoms with Crippen molar-refractivity contribution in [1.82, 2.24) is 20.2 Å². The summed E-state index contributed by atoms with van der Waals surface area (Å²) >= 11 is 0. The van der Waals surface area contributed by atoms with Crippen LogP contribution in [-0.2, 0) is 0 Å². The van der Waals surface area contributed by atoms with Crippen LogP contribution in [0.2, 0.25) is 11.1 Å². The maximum atomic E-state index is 4.85. The molecule has 0 radical (unpaired) electrons. The van der Waals surface area contributed by atoms with Crippen molar-refractivity contribution in [1.29, 1.82) is 0 Å². The van der Waals surface area contributed by atoms with E-state index in [-0.39, 0.29) is 19.0 Å². The van der Waals surface area contributed by atoms with Gasteiger partial charge >= 0.3 is 0 Å². The van der Waals surface area contributed by atoms with E-state index in [2.05, 4.69) is 88.1 Å². The maximum Gasteiger partial charge on any atom is 0.0945 e. The predicted molar refractivity (Wildman–Crippen MR) is 226 cm³/mol. The zero-order chi connectivity index (χ0) is 35.8. The molecule has 0 aromatic carbocycles. The molecule has 0 N–H and O–H groups in total. The molecule has 0 saturated carbocycles. The van der Waals surface area contributed by atoms with Crippen molar-refractivity contribution in [2.45, 2.75) is 181 Å². The Kier molecular flexibility index (Phi) is 21.7. The number of hydrogen-bond acceptors (Lipinski definition) is 4. The van der Waals surface area contributed by atoms with E-state index in [9.17, 15) is 0 Å². The number of aromatic nitrogens is 4. The molecule has 0 aliphatic carbocycles. The molecule has 0 aliphatic heterocycles. The average molecular weight is 715 g/mol. The van der Waals surface area contributed by atoms with Crippen molar-refractivity contribution in [3.8, 4) is 22.5 Å². The third-order valence-electron chi connectivity index (χ3n) is 10.9. The highest BCUT2D eigenvalue weighted by molar-refractivity contribution is 6.54. The Morgan fingerprint density at radius 3 is 1.12 bits per heavy atom. The van der Waals surface area contributed by atoms with Crippen molar-refractivity contribution in [2.24, 2.45) is 11.8 Å². The van der Waals surface area contributed by atoms with Crippen molar-refractivity contribution in [3.63, 3.8) is 0 Å². The number of rotatable bonds is 28. The fourth-order valence-electron chi connectivity index (χ4n) is 7.40. The lowest BCUT2D eigenvalue weighted by Crippen LogP contribution is -2.21. The summed E-state index contributed by atoms with van der Waals surface area (Å²) in [6.45, 7) is 14.4. The summed E-state index contributed by atoms with van der Waals surface area (Å²) in [6, 6.07) is 13.0. The van der Waals surface area contributed by atoms with Gasteiger partial charge in [0.05, 0.1) is 30.4 Å². The lowest BCUT2D eigenvalue weighted by molar-refractivity contribution is 0.436. The van der Waals surface area contributed by atoms with Gasteiger partial charge in [0.25, 0.3) is 0 Å². The van der Waals surface area contributed by atoms with Crippen molar-refractivity contribution >= 4 is 29.7 Å². The molecule has 6 heteroatoms. The van der Waals surface area contributed by atoms with E-state index in [1.54, 1.807) is 0 Å². The molecule has 4 unspecified atom stereocenters. The molecule has 50 heavy (non-hydrogen) atoms. The van der Waals surface area contributed by atoms with Crippen LogP contribution >= 0.6 is 0 Å². The smallest absolute Gasteiger partial charge is 0.0945 e. The quantitative estimate of drug-likeness (QED) is 0.0555. The zero-order valence-corrected chi connectivity index (χ0v) is 36.1. The molecule has 4 nitrogen and oxygen atoms in total. The third kappa shape index (κ3) is 17.8. The van der Waals surface area contributed by atoms with E-state index in [4.69, 9.17) is 9.97 Å². The van der Waals surface area contributed by atoms with E-state index >= 15 is 0 Å². The molecule has 3 aromatic heterocycles. The number of unbranched alkanes of at least 4 members (excludes halogenated alkanes) is 10. The predicted octanol–water partition coefficient (Wildman–Crippen LogP) is 10.9. The van der Waals surface area contributed by atoms with Crippen LogP contribution in [0, 0.1) is 11.8 Å². The third-order valence-corrected chi connectivity index (χ3v) is 14.8. The highest BCUT2D eigenvalue weighted by Gasteiger charge is 2.11. The van der Waals surface area contributed by atoms with Crippen molar-refractivity contribution in [3.05, 3.63) is 48.8 Å². The number of hydrogen-bond donors (Lipinski definition) is 0. The first-order valence-corrected chi connectivity index (χ1v) is 24.2. The largest absolute Gasteiger partial charge is 0.266 e. The summed E-state index contributed by atoms with van der Waals surface area (Å²) in [5.41, 5.74) is 5.47. The molecule has 0 aliphatic rings. The monoisotopic (exact) mass is 715 g/mol. The van der Waals surface area contributed by atoms with Gasteiger partial charge in [-0.3, -0.25) is 9.97 Å². The molecule has 0 spiro atoms. The summed E-state index contributed by atoms with van der Waals surface area (Å²) in [5, 5.41) is 11.8. The molecule has 3 rings (SSSR count). The Balaban J connectivity index is 1.32. The van der Waals surface area contributed by atoms with E-state index in [1.807, 2.05) is 12.4 Å². The molecular formula is C44H74N4Si2. The first kappa shape index (κ1) is 42.2. The Morgan fingerprint density at radius 1 is 0.440 bits per heavy atom. The van der Waals surface area contributed by atoms with E-state index < -0.39 is 0 Å². The van der Waals surface area contributed by atoms with Crippen LogP contribution < -0.4 is 10.6 Å². The highest BCUT2D eigenvalue weighted by atomic mass is 28.2. The van der Waals surface area contributed by atoms with E-state index in [0.717, 1.165) is 45.4 Å². The normalized spacial score (nSPS) is 14.5. The van der Waals surface area contributed by atoms with Gasteiger partial charge in [-0.25, -0.2) is 0 Å². The van der Waals surface area contributed by atoms with Gasteiger partial charge in [0.2, 0.25) is 0 Å². The highest BCUT2D eigenvalue weighted by Crippen LogP contribution is 2.22. The van der Waals surface area contributed by atoms with Crippen molar-refractivity contribution in [2.75, 3.05) is 0 Å². The summed E-state index contributed by atoms with van der Waals surface area (Å²) in [5.74, 6) is 1.82. The Labute approximate surface area is 312 Å². The molecule has 0 amide bonds. The summed E-state index contributed by atoms with van der Waals surface area (Å²) in [6.07, 6.45) is 31.9. The second-order valence-electron chi connectivity index (χ2n) is 16.2. The van der Waals surface area contributed by atoms with Gasteiger partial charge in [-0.1, -0.05) is 170 Å². The topological polar surface area (TPSA) is 51.6 Å². The van der Waals surface area contributed by atoms with Crippen molar-refractivity contribution < 1.29 is 0 Å². The fourth-order valence-corrected chi connectivity index (χ4v) is 10.7. The van der Waals surface area contributed by atoms with Crippen LogP contribution in [0.15, 0.2) is 48.8 Å². The molecule has 0 bridgehead atoms. The standard InChI is InChI=1S/C44H74N4Si2/c1-7-9-15-21-35(3)23-17-11-13-19-25-37(5)49-43-31-27-39(33-45-43)41-29-30-42(48-47-41)40-28-32-44(46-34-40)50-38(6)26-20-14-12-18-24-36(4)22-16-10-8-2/h27-38H,7-26,49-50H2,1-6H3. The summed E-state index contributed by atoms with van der Waals surface area (Å²) < 4.78 is 0. The van der Waals surface area contributed by atoms with Gasteiger partial charge in [-0.2, -0.15) is 0 Å². The molecule has 3 aromatic rings. The minimum Gasteiger partial charge on any atom is -0.266 e. The van der Waals surface area contributed by atoms with E-state index in [1.165, 1.54) is 139 Å². The summed E-state index contributed by atoms with van der Waals surface area (Å²) in [4.78, 5) is 9.71. The van der Waals surface area contributed by atoms with Gasteiger partial charge in [0.15, 0.2) is 0 Å². The van der Waals surface area contributed by atoms with Crippen LogP contribution in [0.3, 0.4) is 0 Å². The Morgan fingerprint density at radius 2 is 0.800 bits per heavy atom. The minimum absolute atomic E-state index is 0.365. The summed E-state index contributed by atoms with van der Waals surface area (Å²) in [7, 11) is -0.729. The fraction of sp³-hybridized carbons (Fsp3) is 0.682. The first-order valence-electron chi connectivity index (χ1n) is 21.1. The zero-order valence-electron chi connectivity index (χ0n) is 33.3. The lowest BCUT2D eigenvalue weighted by Gasteiger charge is -2.12.